The third-order valence-corrected chi connectivity index (χ3v) is 4.37. The van der Waals surface area contributed by atoms with Gasteiger partial charge in [0.05, 0.1) is 17.7 Å². The monoisotopic (exact) mass is 445 g/mol. The Labute approximate surface area is 172 Å². The molecule has 0 bridgehead atoms. The molecule has 0 spiro atoms. The van der Waals surface area contributed by atoms with E-state index in [1.54, 1.807) is 18.3 Å². The molecule has 152 valence electrons. The summed E-state index contributed by atoms with van der Waals surface area (Å²) in [5.41, 5.74) is 3.85. The minimum Gasteiger partial charge on any atom is -0.495 e. The SMILES string of the molecule is COc1ccnc(-n2cccc2C(=O)NNc2ncc(C(F)(F)F)cc2Cl)c1Cl. The first-order chi connectivity index (χ1) is 13.7. The van der Waals surface area contributed by atoms with Crippen molar-refractivity contribution in [2.75, 3.05) is 12.5 Å². The molecular weight excluding hydrogens is 434 g/mol. The lowest BCUT2D eigenvalue weighted by Crippen LogP contribution is -2.31. The number of aromatic nitrogens is 3. The summed E-state index contributed by atoms with van der Waals surface area (Å²) < 4.78 is 44.6. The Morgan fingerprint density at radius 3 is 2.66 bits per heavy atom. The number of nitrogens with one attached hydrogen (secondary N) is 2. The van der Waals surface area contributed by atoms with Gasteiger partial charge in [0, 0.05) is 24.7 Å². The van der Waals surface area contributed by atoms with Crippen molar-refractivity contribution in [1.29, 1.82) is 0 Å². The number of nitrogens with zero attached hydrogens (tertiary/aromatic N) is 3. The number of halogens is 5. The third kappa shape index (κ3) is 4.38. The summed E-state index contributed by atoms with van der Waals surface area (Å²) in [4.78, 5) is 20.3. The quantitative estimate of drug-likeness (QED) is 0.570. The lowest BCUT2D eigenvalue weighted by Gasteiger charge is -2.14. The van der Waals surface area contributed by atoms with Crippen LogP contribution in [0.2, 0.25) is 10.0 Å². The van der Waals surface area contributed by atoms with Gasteiger partial charge in [-0.2, -0.15) is 13.2 Å². The van der Waals surface area contributed by atoms with Gasteiger partial charge in [-0.3, -0.25) is 20.2 Å². The second kappa shape index (κ2) is 8.18. The molecule has 0 aliphatic rings. The largest absolute Gasteiger partial charge is 0.495 e. The fraction of sp³-hybridized carbons (Fsp3) is 0.118. The second-order valence-corrected chi connectivity index (χ2v) is 6.33. The van der Waals surface area contributed by atoms with Crippen molar-refractivity contribution in [3.05, 3.63) is 64.2 Å². The zero-order valence-electron chi connectivity index (χ0n) is 14.6. The summed E-state index contributed by atoms with van der Waals surface area (Å²) in [6.45, 7) is 0. The molecular formula is C17H12Cl2F3N5O2. The number of hydrazine groups is 1. The van der Waals surface area contributed by atoms with Crippen molar-refractivity contribution < 1.29 is 22.7 Å². The van der Waals surface area contributed by atoms with Gasteiger partial charge < -0.3 is 4.74 Å². The molecule has 0 atom stereocenters. The van der Waals surface area contributed by atoms with Gasteiger partial charge >= 0.3 is 6.18 Å². The smallest absolute Gasteiger partial charge is 0.417 e. The van der Waals surface area contributed by atoms with Crippen LogP contribution in [0.25, 0.3) is 5.82 Å². The highest BCUT2D eigenvalue weighted by Gasteiger charge is 2.31. The molecule has 0 aliphatic heterocycles. The lowest BCUT2D eigenvalue weighted by atomic mass is 10.3. The Hall–Kier alpha value is -2.98. The minimum atomic E-state index is -4.58. The molecule has 0 fully saturated rings. The van der Waals surface area contributed by atoms with Crippen molar-refractivity contribution in [2.24, 2.45) is 0 Å². The van der Waals surface area contributed by atoms with Gasteiger partial charge in [0.25, 0.3) is 5.91 Å². The van der Waals surface area contributed by atoms with E-state index in [2.05, 4.69) is 20.8 Å². The highest BCUT2D eigenvalue weighted by atomic mass is 35.5. The van der Waals surface area contributed by atoms with E-state index in [0.717, 1.165) is 0 Å². The zero-order chi connectivity index (χ0) is 21.2. The van der Waals surface area contributed by atoms with Crippen LogP contribution in [-0.4, -0.2) is 27.6 Å². The van der Waals surface area contributed by atoms with Crippen LogP contribution in [-0.2, 0) is 6.18 Å². The van der Waals surface area contributed by atoms with Crippen LogP contribution < -0.4 is 15.6 Å². The molecule has 0 aliphatic carbocycles. The third-order valence-electron chi connectivity index (χ3n) is 3.73. The van der Waals surface area contributed by atoms with Gasteiger partial charge in [-0.25, -0.2) is 9.97 Å². The second-order valence-electron chi connectivity index (χ2n) is 5.55. The molecule has 3 aromatic heterocycles. The number of methoxy groups -OCH3 is 1. The molecule has 0 saturated heterocycles. The maximum absolute atomic E-state index is 12.7. The average Bonchev–Trinajstić information content (AvgIpc) is 3.16. The molecule has 0 saturated carbocycles. The van der Waals surface area contributed by atoms with Crippen molar-refractivity contribution in [1.82, 2.24) is 20.0 Å². The summed E-state index contributed by atoms with van der Waals surface area (Å²) in [6, 6.07) is 5.35. The van der Waals surface area contributed by atoms with Crippen molar-refractivity contribution in [2.45, 2.75) is 6.18 Å². The topological polar surface area (TPSA) is 81.1 Å². The van der Waals surface area contributed by atoms with Gasteiger partial charge in [-0.1, -0.05) is 23.2 Å². The molecule has 0 radical (unpaired) electrons. The molecule has 3 aromatic rings. The maximum atomic E-state index is 12.7. The first-order valence-corrected chi connectivity index (χ1v) is 8.63. The zero-order valence-corrected chi connectivity index (χ0v) is 16.1. The van der Waals surface area contributed by atoms with Crippen LogP contribution in [0.1, 0.15) is 16.1 Å². The van der Waals surface area contributed by atoms with Crippen LogP contribution in [0.5, 0.6) is 5.75 Å². The van der Waals surface area contributed by atoms with Crippen molar-refractivity contribution in [3.8, 4) is 11.6 Å². The molecule has 3 rings (SSSR count). The minimum absolute atomic E-state index is 0.142. The van der Waals surface area contributed by atoms with E-state index in [1.165, 1.54) is 23.9 Å². The molecule has 12 heteroatoms. The predicted octanol–water partition coefficient (Wildman–Crippen LogP) is 4.36. The molecule has 0 aromatic carbocycles. The summed E-state index contributed by atoms with van der Waals surface area (Å²) >= 11 is 12.0. The van der Waals surface area contributed by atoms with E-state index in [-0.39, 0.29) is 27.4 Å². The van der Waals surface area contributed by atoms with Gasteiger partial charge in [-0.15, -0.1) is 0 Å². The molecule has 1 amide bonds. The standard InChI is InChI=1S/C17H12Cl2F3N5O2/c1-29-12-4-5-23-15(13(12)19)27-6-2-3-11(27)16(28)26-25-14-10(18)7-9(8-24-14)17(20,21)22/h2-8H,1H3,(H,24,25)(H,26,28). The number of alkyl halides is 3. The van der Waals surface area contributed by atoms with Gasteiger partial charge in [-0.05, 0) is 18.2 Å². The number of anilines is 1. The molecule has 2 N–H and O–H groups in total. The van der Waals surface area contributed by atoms with E-state index >= 15 is 0 Å². The Morgan fingerprint density at radius 2 is 2.00 bits per heavy atom. The van der Waals surface area contributed by atoms with Gasteiger partial charge in [0.2, 0.25) is 0 Å². The first-order valence-electron chi connectivity index (χ1n) is 7.87. The lowest BCUT2D eigenvalue weighted by molar-refractivity contribution is -0.137. The van der Waals surface area contributed by atoms with Crippen molar-refractivity contribution >= 4 is 34.9 Å². The molecule has 0 unspecified atom stereocenters. The fourth-order valence-corrected chi connectivity index (χ4v) is 2.85. The number of ether oxygens (including phenoxy) is 1. The van der Waals surface area contributed by atoms with Crippen LogP contribution in [0.15, 0.2) is 42.9 Å². The summed E-state index contributed by atoms with van der Waals surface area (Å²) in [5, 5.41) is -0.117. The van der Waals surface area contributed by atoms with E-state index in [4.69, 9.17) is 27.9 Å². The van der Waals surface area contributed by atoms with Crippen LogP contribution in [0.3, 0.4) is 0 Å². The number of carbonyl (C=O) groups excluding carboxylic acids is 1. The number of rotatable bonds is 5. The number of carbonyl (C=O) groups is 1. The predicted molar refractivity (Wildman–Crippen MR) is 100 cm³/mol. The van der Waals surface area contributed by atoms with E-state index in [0.29, 0.717) is 18.0 Å². The van der Waals surface area contributed by atoms with Gasteiger partial charge in [0.1, 0.15) is 16.5 Å². The molecule has 3 heterocycles. The Morgan fingerprint density at radius 1 is 1.24 bits per heavy atom. The molecule has 7 nitrogen and oxygen atoms in total. The number of hydrogen-bond acceptors (Lipinski definition) is 5. The van der Waals surface area contributed by atoms with E-state index in [1.807, 2.05) is 0 Å². The van der Waals surface area contributed by atoms with Crippen LogP contribution in [0, 0.1) is 0 Å². The number of pyridine rings is 2. The Balaban J connectivity index is 1.80. The van der Waals surface area contributed by atoms with Crippen LogP contribution >= 0.6 is 23.2 Å². The highest BCUT2D eigenvalue weighted by Crippen LogP contribution is 2.32. The van der Waals surface area contributed by atoms with Crippen molar-refractivity contribution in [3.63, 3.8) is 0 Å². The number of hydrogen-bond donors (Lipinski definition) is 2. The summed E-state index contributed by atoms with van der Waals surface area (Å²) in [6.07, 6.45) is -0.955. The van der Waals surface area contributed by atoms with Gasteiger partial charge in [0.15, 0.2) is 11.6 Å². The Kier molecular flexibility index (Phi) is 5.85. The summed E-state index contributed by atoms with van der Waals surface area (Å²) in [7, 11) is 1.44. The van der Waals surface area contributed by atoms with E-state index in [9.17, 15) is 18.0 Å². The molecule has 29 heavy (non-hydrogen) atoms. The van der Waals surface area contributed by atoms with Crippen LogP contribution in [0.4, 0.5) is 19.0 Å². The number of amides is 1. The fourth-order valence-electron chi connectivity index (χ4n) is 2.36. The first kappa shape index (κ1) is 20.7. The van der Waals surface area contributed by atoms with E-state index < -0.39 is 17.6 Å². The highest BCUT2D eigenvalue weighted by molar-refractivity contribution is 6.33. The normalized spacial score (nSPS) is 11.2. The Bertz CT molecular complexity index is 1060. The summed E-state index contributed by atoms with van der Waals surface area (Å²) in [5.74, 6) is -0.153. The maximum Gasteiger partial charge on any atom is 0.417 e. The average molecular weight is 446 g/mol.